The molecule has 0 fully saturated rings. The maximum atomic E-state index is 12.3. The zero-order chi connectivity index (χ0) is 25.5. The molecule has 7 heteroatoms. The molecule has 0 saturated heterocycles. The lowest BCUT2D eigenvalue weighted by Gasteiger charge is -2.19. The number of nitrogens with zero attached hydrogens (tertiary/aromatic N) is 2. The Labute approximate surface area is 210 Å². The minimum atomic E-state index is -0.936. The maximum absolute atomic E-state index is 12.3. The van der Waals surface area contributed by atoms with Crippen LogP contribution in [-0.4, -0.2) is 40.6 Å². The lowest BCUT2D eigenvalue weighted by atomic mass is 9.86. The molecule has 184 valence electrons. The number of ether oxygens (including phenoxy) is 1. The number of carbonyl (C=O) groups is 2. The van der Waals surface area contributed by atoms with Crippen LogP contribution in [0.25, 0.3) is 21.9 Å². The number of aliphatic carboxylic acids is 1. The number of rotatable bonds is 10. The summed E-state index contributed by atoms with van der Waals surface area (Å²) in [6.07, 6.45) is 5.43. The fraction of sp³-hybridized carbons (Fsp3) is 0.241. The average molecular weight is 484 g/mol. The van der Waals surface area contributed by atoms with Crippen LogP contribution in [0.2, 0.25) is 0 Å². The average Bonchev–Trinajstić information content (AvgIpc) is 2.91. The van der Waals surface area contributed by atoms with Gasteiger partial charge in [0.2, 0.25) is 0 Å². The van der Waals surface area contributed by atoms with Gasteiger partial charge in [-0.05, 0) is 52.1 Å². The number of nitrogens with one attached hydrogen (secondary N) is 1. The van der Waals surface area contributed by atoms with Crippen LogP contribution >= 0.6 is 0 Å². The van der Waals surface area contributed by atoms with Crippen molar-refractivity contribution in [1.82, 2.24) is 15.3 Å². The van der Waals surface area contributed by atoms with E-state index in [0.29, 0.717) is 11.6 Å². The van der Waals surface area contributed by atoms with E-state index in [0.717, 1.165) is 40.3 Å². The van der Waals surface area contributed by atoms with E-state index in [9.17, 15) is 9.59 Å². The molecule has 1 atom stereocenters. The number of methoxy groups -OCH3 is 1. The van der Waals surface area contributed by atoms with Crippen molar-refractivity contribution in [3.8, 4) is 17.1 Å². The van der Waals surface area contributed by atoms with Crippen LogP contribution in [-0.2, 0) is 4.79 Å². The van der Waals surface area contributed by atoms with Crippen molar-refractivity contribution < 1.29 is 19.4 Å². The summed E-state index contributed by atoms with van der Waals surface area (Å²) in [5.74, 6) is -0.994. The zero-order valence-electron chi connectivity index (χ0n) is 20.4. The van der Waals surface area contributed by atoms with E-state index in [-0.39, 0.29) is 24.8 Å². The second kappa shape index (κ2) is 11.4. The number of carboxylic acids is 1. The van der Waals surface area contributed by atoms with Gasteiger partial charge in [-0.25, -0.2) is 9.97 Å². The molecule has 0 aliphatic rings. The highest BCUT2D eigenvalue weighted by Gasteiger charge is 2.15. The molecule has 7 nitrogen and oxygen atoms in total. The molecule has 1 unspecified atom stereocenters. The van der Waals surface area contributed by atoms with Crippen LogP contribution in [0, 0.1) is 0 Å². The van der Waals surface area contributed by atoms with Crippen molar-refractivity contribution in [2.24, 2.45) is 0 Å². The standard InChI is InChI=1S/C29H29N3O4/c1-3-4-26(19-5-7-20(8-6-19)28(35)30-14-13-27(33)34)24-12-11-21-15-23(10-9-22(21)16-24)25-17-31-29(36-2)32-18-25/h5-12,15-18,26H,3-4,13-14H2,1-2H3,(H,30,35)(H,33,34). The third-order valence-electron chi connectivity index (χ3n) is 6.19. The largest absolute Gasteiger partial charge is 0.481 e. The number of hydrogen-bond acceptors (Lipinski definition) is 5. The smallest absolute Gasteiger partial charge is 0.316 e. The van der Waals surface area contributed by atoms with Gasteiger partial charge < -0.3 is 15.2 Å². The van der Waals surface area contributed by atoms with Crippen molar-refractivity contribution >= 4 is 22.6 Å². The molecular weight excluding hydrogens is 454 g/mol. The summed E-state index contributed by atoms with van der Waals surface area (Å²) in [6.45, 7) is 2.28. The first kappa shape index (κ1) is 24.9. The van der Waals surface area contributed by atoms with E-state index in [1.807, 2.05) is 12.1 Å². The summed E-state index contributed by atoms with van der Waals surface area (Å²) in [7, 11) is 1.55. The molecule has 1 amide bonds. The van der Waals surface area contributed by atoms with Crippen LogP contribution < -0.4 is 10.1 Å². The predicted molar refractivity (Wildman–Crippen MR) is 139 cm³/mol. The van der Waals surface area contributed by atoms with Crippen molar-refractivity contribution in [1.29, 1.82) is 0 Å². The van der Waals surface area contributed by atoms with Gasteiger partial charge in [-0.3, -0.25) is 9.59 Å². The molecule has 4 aromatic rings. The highest BCUT2D eigenvalue weighted by atomic mass is 16.5. The van der Waals surface area contributed by atoms with E-state index < -0.39 is 5.97 Å². The fourth-order valence-electron chi connectivity index (χ4n) is 4.30. The molecule has 0 saturated carbocycles. The number of amides is 1. The predicted octanol–water partition coefficient (Wildman–Crippen LogP) is 5.44. The van der Waals surface area contributed by atoms with Crippen molar-refractivity contribution in [3.05, 3.63) is 89.7 Å². The lowest BCUT2D eigenvalue weighted by molar-refractivity contribution is -0.136. The number of benzene rings is 3. The van der Waals surface area contributed by atoms with Crippen molar-refractivity contribution in [2.75, 3.05) is 13.7 Å². The van der Waals surface area contributed by atoms with Gasteiger partial charge in [-0.15, -0.1) is 0 Å². The molecule has 0 spiro atoms. The second-order valence-corrected chi connectivity index (χ2v) is 8.64. The molecule has 36 heavy (non-hydrogen) atoms. The Morgan fingerprint density at radius 2 is 1.58 bits per heavy atom. The fourth-order valence-corrected chi connectivity index (χ4v) is 4.30. The Bertz CT molecular complexity index is 1350. The monoisotopic (exact) mass is 483 g/mol. The molecular formula is C29H29N3O4. The van der Waals surface area contributed by atoms with E-state index in [1.165, 1.54) is 5.56 Å². The van der Waals surface area contributed by atoms with Gasteiger partial charge in [0, 0.05) is 36.0 Å². The van der Waals surface area contributed by atoms with E-state index >= 15 is 0 Å². The first-order valence-corrected chi connectivity index (χ1v) is 12.0. The molecule has 1 heterocycles. The summed E-state index contributed by atoms with van der Waals surface area (Å²) in [4.78, 5) is 31.4. The summed E-state index contributed by atoms with van der Waals surface area (Å²) < 4.78 is 5.05. The Hall–Kier alpha value is -4.26. The van der Waals surface area contributed by atoms with Gasteiger partial charge in [-0.2, -0.15) is 0 Å². The summed E-state index contributed by atoms with van der Waals surface area (Å²) in [6, 6.07) is 20.8. The Morgan fingerprint density at radius 3 is 2.25 bits per heavy atom. The van der Waals surface area contributed by atoms with Crippen molar-refractivity contribution in [2.45, 2.75) is 32.1 Å². The van der Waals surface area contributed by atoms with E-state index in [2.05, 4.69) is 58.6 Å². The van der Waals surface area contributed by atoms with Crippen LogP contribution in [0.3, 0.4) is 0 Å². The molecule has 3 aromatic carbocycles. The van der Waals surface area contributed by atoms with E-state index in [4.69, 9.17) is 9.84 Å². The molecule has 0 aliphatic heterocycles. The molecule has 4 rings (SSSR count). The van der Waals surface area contributed by atoms with Crippen LogP contribution in [0.4, 0.5) is 0 Å². The van der Waals surface area contributed by atoms with Gasteiger partial charge in [0.05, 0.1) is 13.5 Å². The van der Waals surface area contributed by atoms with Gasteiger partial charge >= 0.3 is 12.0 Å². The third-order valence-corrected chi connectivity index (χ3v) is 6.19. The first-order chi connectivity index (χ1) is 17.5. The minimum Gasteiger partial charge on any atom is -0.481 e. The maximum Gasteiger partial charge on any atom is 0.316 e. The zero-order valence-corrected chi connectivity index (χ0v) is 20.4. The van der Waals surface area contributed by atoms with Gasteiger partial charge in [0.1, 0.15) is 0 Å². The number of hydrogen-bond donors (Lipinski definition) is 2. The number of aromatic nitrogens is 2. The number of carbonyl (C=O) groups excluding carboxylic acids is 1. The van der Waals surface area contributed by atoms with Gasteiger partial charge in [0.25, 0.3) is 5.91 Å². The second-order valence-electron chi connectivity index (χ2n) is 8.64. The third kappa shape index (κ3) is 5.86. The normalized spacial score (nSPS) is 11.7. The minimum absolute atomic E-state index is 0.0975. The molecule has 0 radical (unpaired) electrons. The quantitative estimate of drug-likeness (QED) is 0.311. The van der Waals surface area contributed by atoms with Crippen LogP contribution in [0.5, 0.6) is 6.01 Å². The van der Waals surface area contributed by atoms with Crippen molar-refractivity contribution in [3.63, 3.8) is 0 Å². The Balaban J connectivity index is 1.55. The molecule has 1 aromatic heterocycles. The highest BCUT2D eigenvalue weighted by molar-refractivity contribution is 5.94. The Kier molecular flexibility index (Phi) is 7.90. The summed E-state index contributed by atoms with van der Waals surface area (Å²) >= 11 is 0. The van der Waals surface area contributed by atoms with Gasteiger partial charge in [0.15, 0.2) is 0 Å². The summed E-state index contributed by atoms with van der Waals surface area (Å²) in [5.41, 5.74) is 4.86. The topological polar surface area (TPSA) is 101 Å². The first-order valence-electron chi connectivity index (χ1n) is 12.0. The van der Waals surface area contributed by atoms with Gasteiger partial charge in [-0.1, -0.05) is 55.8 Å². The van der Waals surface area contributed by atoms with E-state index in [1.54, 1.807) is 31.6 Å². The summed E-state index contributed by atoms with van der Waals surface area (Å²) in [5, 5.41) is 13.7. The molecule has 2 N–H and O–H groups in total. The van der Waals surface area contributed by atoms with Crippen LogP contribution in [0.1, 0.15) is 53.6 Å². The molecule has 0 aliphatic carbocycles. The van der Waals surface area contributed by atoms with Crippen LogP contribution in [0.15, 0.2) is 73.1 Å². The SMILES string of the molecule is CCCC(c1ccc(C(=O)NCCC(=O)O)cc1)c1ccc2cc(-c3cnc(OC)nc3)ccc2c1. The highest BCUT2D eigenvalue weighted by Crippen LogP contribution is 2.33. The number of fused-ring (bicyclic) bond motifs is 1. The lowest BCUT2D eigenvalue weighted by Crippen LogP contribution is -2.25. The Morgan fingerprint density at radius 1 is 0.917 bits per heavy atom. The number of carboxylic acid groups (broad SMARTS) is 1. The molecule has 0 bridgehead atoms.